The van der Waals surface area contributed by atoms with Crippen LogP contribution in [-0.2, 0) is 0 Å². The summed E-state index contributed by atoms with van der Waals surface area (Å²) in [7, 11) is 5.39. The number of anilines is 1. The number of likely N-dealkylation sites (N-methyl/N-ethyl adjacent to an activating group) is 1. The van der Waals surface area contributed by atoms with Gasteiger partial charge >= 0.3 is 0 Å². The van der Waals surface area contributed by atoms with Crippen molar-refractivity contribution in [3.63, 3.8) is 0 Å². The first kappa shape index (κ1) is 12.3. The second-order valence-corrected chi connectivity index (χ2v) is 4.45. The lowest BCUT2D eigenvalue weighted by atomic mass is 10.2. The van der Waals surface area contributed by atoms with Gasteiger partial charge < -0.3 is 14.8 Å². The molecule has 0 aromatic carbocycles. The molecule has 1 aromatic rings. The van der Waals surface area contributed by atoms with Crippen molar-refractivity contribution in [3.8, 4) is 11.8 Å². The molecule has 0 saturated carbocycles. The normalized spacial score (nSPS) is 16.5. The Morgan fingerprint density at radius 1 is 1.47 bits per heavy atom. The fourth-order valence-corrected chi connectivity index (χ4v) is 1.97. The number of hydrogen-bond acceptors (Lipinski definition) is 5. The molecular formula is C11H16ClN3O2. The molecule has 0 atom stereocenters. The Morgan fingerprint density at radius 2 is 2.18 bits per heavy atom. The number of methoxy groups -OCH3 is 1. The number of pyridine rings is 1. The fraction of sp³-hybridized carbons (Fsp3) is 0.545. The molecule has 5 nitrogen and oxygen atoms in total. The molecule has 94 valence electrons. The van der Waals surface area contributed by atoms with Crippen molar-refractivity contribution in [1.82, 2.24) is 9.88 Å². The standard InChI is InChI=1S/C11H16ClN3O2/c1-13-9-4-8(12)10(16-3)14-11(9)17-7-5-15(2)6-7/h4,7,13H,5-6H2,1-3H3. The number of aromatic nitrogens is 1. The number of halogens is 1. The van der Waals surface area contributed by atoms with Crippen LogP contribution in [0.4, 0.5) is 5.69 Å². The molecule has 1 aliphatic rings. The van der Waals surface area contributed by atoms with E-state index >= 15 is 0 Å². The summed E-state index contributed by atoms with van der Waals surface area (Å²) in [6.07, 6.45) is 0.186. The van der Waals surface area contributed by atoms with Gasteiger partial charge in [-0.3, -0.25) is 4.90 Å². The van der Waals surface area contributed by atoms with Crippen LogP contribution in [0.5, 0.6) is 11.8 Å². The third-order valence-electron chi connectivity index (χ3n) is 2.68. The zero-order valence-corrected chi connectivity index (χ0v) is 10.9. The molecular weight excluding hydrogens is 242 g/mol. The van der Waals surface area contributed by atoms with Gasteiger partial charge in [0.2, 0.25) is 11.8 Å². The summed E-state index contributed by atoms with van der Waals surface area (Å²) in [5.41, 5.74) is 0.769. The zero-order valence-electron chi connectivity index (χ0n) is 10.2. The monoisotopic (exact) mass is 257 g/mol. The van der Waals surface area contributed by atoms with Gasteiger partial charge in [0.1, 0.15) is 11.1 Å². The van der Waals surface area contributed by atoms with Gasteiger partial charge in [-0.05, 0) is 13.1 Å². The van der Waals surface area contributed by atoms with Crippen LogP contribution in [0, 0.1) is 0 Å². The van der Waals surface area contributed by atoms with Gasteiger partial charge in [0.25, 0.3) is 0 Å². The molecule has 0 amide bonds. The summed E-state index contributed by atoms with van der Waals surface area (Å²) in [6, 6.07) is 1.76. The maximum absolute atomic E-state index is 6.00. The number of ether oxygens (including phenoxy) is 2. The van der Waals surface area contributed by atoms with Gasteiger partial charge in [-0.2, -0.15) is 4.98 Å². The molecule has 1 fully saturated rings. The van der Waals surface area contributed by atoms with E-state index in [1.54, 1.807) is 13.1 Å². The first-order chi connectivity index (χ1) is 8.13. The SMILES string of the molecule is CNc1cc(Cl)c(OC)nc1OC1CN(C)C1. The molecule has 6 heteroatoms. The highest BCUT2D eigenvalue weighted by Gasteiger charge is 2.26. The van der Waals surface area contributed by atoms with Crippen molar-refractivity contribution in [2.75, 3.05) is 39.6 Å². The molecule has 0 spiro atoms. The van der Waals surface area contributed by atoms with Gasteiger partial charge in [0.15, 0.2) is 0 Å². The zero-order chi connectivity index (χ0) is 12.4. The number of nitrogens with zero attached hydrogens (tertiary/aromatic N) is 2. The molecule has 1 N–H and O–H groups in total. The maximum Gasteiger partial charge on any atom is 0.241 e. The van der Waals surface area contributed by atoms with Crippen LogP contribution in [0.1, 0.15) is 0 Å². The van der Waals surface area contributed by atoms with Gasteiger partial charge in [-0.25, -0.2) is 0 Å². The Morgan fingerprint density at radius 3 is 2.71 bits per heavy atom. The van der Waals surface area contributed by atoms with E-state index in [0.29, 0.717) is 16.8 Å². The molecule has 0 unspecified atom stereocenters. The van der Waals surface area contributed by atoms with E-state index in [-0.39, 0.29) is 6.10 Å². The van der Waals surface area contributed by atoms with E-state index in [9.17, 15) is 0 Å². The van der Waals surface area contributed by atoms with Crippen molar-refractivity contribution in [2.24, 2.45) is 0 Å². The van der Waals surface area contributed by atoms with Crippen LogP contribution in [0.2, 0.25) is 5.02 Å². The Labute approximate surface area is 106 Å². The van der Waals surface area contributed by atoms with Crippen LogP contribution in [0.3, 0.4) is 0 Å². The van der Waals surface area contributed by atoms with E-state index in [0.717, 1.165) is 18.8 Å². The van der Waals surface area contributed by atoms with Gasteiger partial charge in [-0.1, -0.05) is 11.6 Å². The lowest BCUT2D eigenvalue weighted by Crippen LogP contribution is -2.51. The summed E-state index contributed by atoms with van der Waals surface area (Å²) < 4.78 is 10.9. The Kier molecular flexibility index (Phi) is 3.59. The Hall–Kier alpha value is -1.20. The smallest absolute Gasteiger partial charge is 0.241 e. The molecule has 0 aliphatic carbocycles. The van der Waals surface area contributed by atoms with E-state index in [2.05, 4.69) is 22.2 Å². The van der Waals surface area contributed by atoms with E-state index < -0.39 is 0 Å². The highest BCUT2D eigenvalue weighted by atomic mass is 35.5. The van der Waals surface area contributed by atoms with E-state index in [1.165, 1.54) is 7.11 Å². The number of likely N-dealkylation sites (tertiary alicyclic amines) is 1. The molecule has 2 heterocycles. The van der Waals surface area contributed by atoms with Crippen LogP contribution in [0.15, 0.2) is 6.07 Å². The quantitative estimate of drug-likeness (QED) is 0.885. The van der Waals surface area contributed by atoms with Crippen molar-refractivity contribution < 1.29 is 9.47 Å². The minimum atomic E-state index is 0.186. The Balaban J connectivity index is 2.18. The second kappa shape index (κ2) is 4.98. The molecule has 1 aliphatic heterocycles. The average molecular weight is 258 g/mol. The van der Waals surface area contributed by atoms with Gasteiger partial charge in [0, 0.05) is 20.1 Å². The lowest BCUT2D eigenvalue weighted by Gasteiger charge is -2.35. The van der Waals surface area contributed by atoms with E-state index in [1.807, 2.05) is 0 Å². The summed E-state index contributed by atoms with van der Waals surface area (Å²) >= 11 is 6.00. The number of hydrogen-bond donors (Lipinski definition) is 1. The van der Waals surface area contributed by atoms with E-state index in [4.69, 9.17) is 21.1 Å². The topological polar surface area (TPSA) is 46.6 Å². The average Bonchev–Trinajstić information content (AvgIpc) is 2.28. The van der Waals surface area contributed by atoms with Crippen molar-refractivity contribution >= 4 is 17.3 Å². The second-order valence-electron chi connectivity index (χ2n) is 4.04. The molecule has 0 bridgehead atoms. The lowest BCUT2D eigenvalue weighted by molar-refractivity contribution is 0.0358. The molecule has 0 radical (unpaired) electrons. The van der Waals surface area contributed by atoms with Crippen molar-refractivity contribution in [3.05, 3.63) is 11.1 Å². The van der Waals surface area contributed by atoms with Crippen LogP contribution in [-0.4, -0.2) is 50.3 Å². The third-order valence-corrected chi connectivity index (χ3v) is 2.95. The summed E-state index contributed by atoms with van der Waals surface area (Å²) in [4.78, 5) is 6.43. The van der Waals surface area contributed by atoms with Crippen LogP contribution in [0.25, 0.3) is 0 Å². The molecule has 1 saturated heterocycles. The Bertz CT molecular complexity index is 408. The fourth-order valence-electron chi connectivity index (χ4n) is 1.74. The number of rotatable bonds is 4. The summed E-state index contributed by atoms with van der Waals surface area (Å²) in [6.45, 7) is 1.82. The van der Waals surface area contributed by atoms with Crippen molar-refractivity contribution in [2.45, 2.75) is 6.10 Å². The molecule has 17 heavy (non-hydrogen) atoms. The maximum atomic E-state index is 6.00. The number of nitrogens with one attached hydrogen (secondary N) is 1. The van der Waals surface area contributed by atoms with Crippen molar-refractivity contribution in [1.29, 1.82) is 0 Å². The first-order valence-corrected chi connectivity index (χ1v) is 5.79. The summed E-state index contributed by atoms with van der Waals surface area (Å²) in [5, 5.41) is 3.48. The largest absolute Gasteiger partial charge is 0.480 e. The predicted octanol–water partition coefficient (Wildman–Crippen LogP) is 1.48. The first-order valence-electron chi connectivity index (χ1n) is 5.41. The summed E-state index contributed by atoms with van der Waals surface area (Å²) in [5.74, 6) is 0.917. The third kappa shape index (κ3) is 2.56. The van der Waals surface area contributed by atoms with Gasteiger partial charge in [0.05, 0.1) is 12.8 Å². The van der Waals surface area contributed by atoms with Gasteiger partial charge in [-0.15, -0.1) is 0 Å². The predicted molar refractivity (Wildman–Crippen MR) is 67.3 cm³/mol. The minimum Gasteiger partial charge on any atom is -0.480 e. The minimum absolute atomic E-state index is 0.186. The highest BCUT2D eigenvalue weighted by Crippen LogP contribution is 2.33. The molecule has 2 rings (SSSR count). The van der Waals surface area contributed by atoms with Crippen LogP contribution < -0.4 is 14.8 Å². The molecule has 1 aromatic heterocycles. The highest BCUT2D eigenvalue weighted by molar-refractivity contribution is 6.32. The van der Waals surface area contributed by atoms with Crippen LogP contribution >= 0.6 is 11.6 Å².